The molecule has 3 rings (SSSR count). The molecule has 2 aromatic carbocycles. The lowest BCUT2D eigenvalue weighted by Crippen LogP contribution is -2.19. The number of halogens is 3. The molecular formula is C20H14F3N5O2. The van der Waals surface area contributed by atoms with E-state index in [9.17, 15) is 23.2 Å². The molecule has 3 aromatic rings. The van der Waals surface area contributed by atoms with Crippen LogP contribution >= 0.6 is 0 Å². The maximum absolute atomic E-state index is 12.3. The number of ether oxygens (including phenoxy) is 1. The number of hydrogen-bond acceptors (Lipinski definition) is 6. The van der Waals surface area contributed by atoms with Crippen LogP contribution in [0.3, 0.4) is 0 Å². The fourth-order valence-corrected chi connectivity index (χ4v) is 2.45. The minimum absolute atomic E-state index is 0.00132. The fourth-order valence-electron chi connectivity index (χ4n) is 2.45. The average molecular weight is 413 g/mol. The molecule has 0 aliphatic carbocycles. The lowest BCUT2D eigenvalue weighted by molar-refractivity contribution is -0.153. The summed E-state index contributed by atoms with van der Waals surface area (Å²) in [6, 6.07) is 16.4. The van der Waals surface area contributed by atoms with E-state index in [1.54, 1.807) is 36.4 Å². The Balaban J connectivity index is 1.78. The molecule has 0 saturated carbocycles. The van der Waals surface area contributed by atoms with Crippen molar-refractivity contribution >= 4 is 12.2 Å². The van der Waals surface area contributed by atoms with Gasteiger partial charge in [-0.3, -0.25) is 9.78 Å². The summed E-state index contributed by atoms with van der Waals surface area (Å²) < 4.78 is 41.5. The minimum atomic E-state index is -4.44. The number of aromatic nitrogens is 2. The predicted octanol–water partition coefficient (Wildman–Crippen LogP) is 3.70. The van der Waals surface area contributed by atoms with E-state index in [-0.39, 0.29) is 23.0 Å². The molecule has 0 saturated heterocycles. The first-order valence-electron chi connectivity index (χ1n) is 8.54. The van der Waals surface area contributed by atoms with Crippen LogP contribution in [0.25, 0.3) is 11.3 Å². The Labute approximate surface area is 168 Å². The number of nitrogens with one attached hydrogen (secondary N) is 2. The topological polar surface area (TPSA) is 103 Å². The molecule has 2 N–H and O–H groups in total. The molecule has 10 heteroatoms. The number of nitriles is 1. The van der Waals surface area contributed by atoms with E-state index in [4.69, 9.17) is 0 Å². The smallest absolute Gasteiger partial charge is 0.422 e. The molecule has 0 aliphatic heterocycles. The maximum atomic E-state index is 12.3. The Kier molecular flexibility index (Phi) is 6.12. The average Bonchev–Trinajstić information content (AvgIpc) is 2.72. The van der Waals surface area contributed by atoms with Crippen molar-refractivity contribution in [3.63, 3.8) is 0 Å². The van der Waals surface area contributed by atoms with E-state index >= 15 is 0 Å². The summed E-state index contributed by atoms with van der Waals surface area (Å²) in [5.41, 5.74) is 3.02. The molecule has 0 aliphatic rings. The Morgan fingerprint density at radius 2 is 1.97 bits per heavy atom. The van der Waals surface area contributed by atoms with Crippen molar-refractivity contribution in [1.82, 2.24) is 9.97 Å². The van der Waals surface area contributed by atoms with Crippen LogP contribution in [0.2, 0.25) is 0 Å². The molecule has 0 unspecified atom stereocenters. The van der Waals surface area contributed by atoms with Crippen LogP contribution in [0.5, 0.6) is 5.75 Å². The summed E-state index contributed by atoms with van der Waals surface area (Å²) in [6.07, 6.45) is -3.11. The number of benzene rings is 2. The largest absolute Gasteiger partial charge is 0.484 e. The van der Waals surface area contributed by atoms with E-state index in [1.165, 1.54) is 24.4 Å². The van der Waals surface area contributed by atoms with E-state index in [1.807, 2.05) is 6.07 Å². The van der Waals surface area contributed by atoms with Crippen molar-refractivity contribution in [2.45, 2.75) is 6.18 Å². The van der Waals surface area contributed by atoms with Crippen molar-refractivity contribution in [2.24, 2.45) is 5.10 Å². The van der Waals surface area contributed by atoms with Crippen LogP contribution < -0.4 is 15.7 Å². The first-order chi connectivity index (χ1) is 14.4. The van der Waals surface area contributed by atoms with Crippen molar-refractivity contribution in [2.75, 3.05) is 12.0 Å². The van der Waals surface area contributed by atoms with Crippen LogP contribution in [0.15, 0.2) is 64.5 Å². The van der Waals surface area contributed by atoms with Gasteiger partial charge in [-0.1, -0.05) is 42.5 Å². The van der Waals surface area contributed by atoms with Crippen LogP contribution in [0.4, 0.5) is 19.1 Å². The van der Waals surface area contributed by atoms with Crippen LogP contribution in [0.1, 0.15) is 11.1 Å². The predicted molar refractivity (Wildman–Crippen MR) is 104 cm³/mol. The highest BCUT2D eigenvalue weighted by molar-refractivity contribution is 5.80. The number of anilines is 1. The summed E-state index contributed by atoms with van der Waals surface area (Å²) in [4.78, 5) is 18.8. The van der Waals surface area contributed by atoms with Crippen LogP contribution in [0, 0.1) is 11.3 Å². The van der Waals surface area contributed by atoms with Gasteiger partial charge in [0.25, 0.3) is 5.56 Å². The molecule has 0 atom stereocenters. The van der Waals surface area contributed by atoms with E-state index in [0.717, 1.165) is 0 Å². The maximum Gasteiger partial charge on any atom is 0.422 e. The van der Waals surface area contributed by atoms with Gasteiger partial charge in [-0.2, -0.15) is 23.5 Å². The lowest BCUT2D eigenvalue weighted by atomic mass is 10.1. The molecule has 0 spiro atoms. The minimum Gasteiger partial charge on any atom is -0.484 e. The zero-order chi connectivity index (χ0) is 21.6. The van der Waals surface area contributed by atoms with Crippen LogP contribution in [-0.2, 0) is 0 Å². The fraction of sp³-hybridized carbons (Fsp3) is 0.100. The van der Waals surface area contributed by atoms with Gasteiger partial charge in [0.05, 0.1) is 11.9 Å². The third-order valence-corrected chi connectivity index (χ3v) is 3.72. The van der Waals surface area contributed by atoms with Crippen molar-refractivity contribution in [1.29, 1.82) is 5.26 Å². The summed E-state index contributed by atoms with van der Waals surface area (Å²) in [5.74, 6) is 0.0334. The van der Waals surface area contributed by atoms with Crippen molar-refractivity contribution < 1.29 is 17.9 Å². The van der Waals surface area contributed by atoms with Gasteiger partial charge >= 0.3 is 6.18 Å². The number of hydrogen-bond donors (Lipinski definition) is 2. The van der Waals surface area contributed by atoms with Gasteiger partial charge in [-0.25, -0.2) is 10.4 Å². The monoisotopic (exact) mass is 413 g/mol. The summed E-state index contributed by atoms with van der Waals surface area (Å²) in [7, 11) is 0. The van der Waals surface area contributed by atoms with E-state index < -0.39 is 18.3 Å². The second-order valence-corrected chi connectivity index (χ2v) is 5.96. The van der Waals surface area contributed by atoms with Gasteiger partial charge in [0.15, 0.2) is 6.61 Å². The highest BCUT2D eigenvalue weighted by Gasteiger charge is 2.28. The molecule has 0 amide bonds. The van der Waals surface area contributed by atoms with Crippen LogP contribution in [-0.4, -0.2) is 29.0 Å². The molecule has 0 radical (unpaired) electrons. The second kappa shape index (κ2) is 8.91. The van der Waals surface area contributed by atoms with E-state index in [0.29, 0.717) is 11.1 Å². The Hall–Kier alpha value is -4.13. The van der Waals surface area contributed by atoms with Gasteiger partial charge in [0.2, 0.25) is 5.95 Å². The second-order valence-electron chi connectivity index (χ2n) is 5.96. The first kappa shape index (κ1) is 20.6. The van der Waals surface area contributed by atoms with Gasteiger partial charge in [-0.15, -0.1) is 0 Å². The standard InChI is InChI=1S/C20H14F3N5O2/c21-20(22,23)12-30-15-8-4-5-13(9-15)11-25-28-19-26-17(14-6-2-1-3-7-14)16(10-24)18(29)27-19/h1-9,11H,12H2,(H2,26,27,28,29). The highest BCUT2D eigenvalue weighted by Crippen LogP contribution is 2.20. The molecule has 30 heavy (non-hydrogen) atoms. The number of H-pyrrole nitrogens is 1. The summed E-state index contributed by atoms with van der Waals surface area (Å²) >= 11 is 0. The van der Waals surface area contributed by atoms with Crippen molar-refractivity contribution in [3.8, 4) is 23.1 Å². The quantitative estimate of drug-likeness (QED) is 0.474. The van der Waals surface area contributed by atoms with E-state index in [2.05, 4.69) is 25.2 Å². The zero-order valence-corrected chi connectivity index (χ0v) is 15.3. The SMILES string of the molecule is N#Cc1c(-c2ccccc2)nc(NN=Cc2cccc(OCC(F)(F)F)c2)[nH]c1=O. The molecule has 1 aromatic heterocycles. The zero-order valence-electron chi connectivity index (χ0n) is 15.3. The number of rotatable bonds is 6. The summed E-state index contributed by atoms with van der Waals surface area (Å²) in [5, 5.41) is 13.2. The molecule has 7 nitrogen and oxygen atoms in total. The van der Waals surface area contributed by atoms with Gasteiger partial charge in [0, 0.05) is 5.56 Å². The normalized spacial score (nSPS) is 11.3. The molecular weight excluding hydrogens is 399 g/mol. The van der Waals surface area contributed by atoms with Gasteiger partial charge in [-0.05, 0) is 17.7 Å². The molecule has 152 valence electrons. The summed E-state index contributed by atoms with van der Waals surface area (Å²) in [6.45, 7) is -1.40. The third kappa shape index (κ3) is 5.45. The first-order valence-corrected chi connectivity index (χ1v) is 8.54. The lowest BCUT2D eigenvalue weighted by Gasteiger charge is -2.09. The van der Waals surface area contributed by atoms with Crippen molar-refractivity contribution in [3.05, 3.63) is 76.1 Å². The number of alkyl halides is 3. The number of hydrazone groups is 1. The Morgan fingerprint density at radius 1 is 1.20 bits per heavy atom. The van der Waals surface area contributed by atoms with Gasteiger partial charge < -0.3 is 4.74 Å². The highest BCUT2D eigenvalue weighted by atomic mass is 19.4. The molecule has 1 heterocycles. The van der Waals surface area contributed by atoms with Gasteiger partial charge in [0.1, 0.15) is 17.4 Å². The Bertz CT molecular complexity index is 1150. The molecule has 0 fully saturated rings. The third-order valence-electron chi connectivity index (χ3n) is 3.72. The molecule has 0 bridgehead atoms. The number of aromatic amines is 1. The number of nitrogens with zero attached hydrogens (tertiary/aromatic N) is 3. The Morgan fingerprint density at radius 3 is 2.67 bits per heavy atom.